The summed E-state index contributed by atoms with van der Waals surface area (Å²) in [5, 5.41) is 0. The Bertz CT molecular complexity index is 385. The van der Waals surface area contributed by atoms with Crippen LogP contribution < -0.4 is 0 Å². The van der Waals surface area contributed by atoms with Gasteiger partial charge in [0.25, 0.3) is 12.6 Å². The zero-order valence-corrected chi connectivity index (χ0v) is 14.2. The fraction of sp³-hybridized carbons (Fsp3) is 0.889. The Morgan fingerprint density at radius 1 is 0.625 bits per heavy atom. The van der Waals surface area contributed by atoms with Crippen molar-refractivity contribution >= 4 is 11.9 Å². The van der Waals surface area contributed by atoms with E-state index in [0.29, 0.717) is 13.2 Å². The highest BCUT2D eigenvalue weighted by molar-refractivity contribution is 5.73. The number of ether oxygens (including phenoxy) is 4. The van der Waals surface area contributed by atoms with Gasteiger partial charge in [-0.25, -0.2) is 0 Å². The normalized spacial score (nSPS) is 29.8. The van der Waals surface area contributed by atoms with E-state index in [-0.39, 0.29) is 23.8 Å². The average molecular weight is 340 g/mol. The van der Waals surface area contributed by atoms with Crippen LogP contribution in [-0.4, -0.2) is 37.7 Å². The maximum atomic E-state index is 12.3. The van der Waals surface area contributed by atoms with E-state index in [4.69, 9.17) is 18.9 Å². The molecule has 0 bridgehead atoms. The molecule has 0 unspecified atom stereocenters. The van der Waals surface area contributed by atoms with Crippen LogP contribution in [0.3, 0.4) is 0 Å². The molecule has 1 heterocycles. The van der Waals surface area contributed by atoms with Gasteiger partial charge >= 0.3 is 11.9 Å². The first-order valence-corrected chi connectivity index (χ1v) is 9.38. The van der Waals surface area contributed by atoms with Gasteiger partial charge in [0.2, 0.25) is 0 Å². The molecule has 3 rings (SSSR count). The lowest BCUT2D eigenvalue weighted by molar-refractivity contribution is -0.305. The molecule has 136 valence electrons. The SMILES string of the molecule is O=C(O[C@@H]1OCCO[C@H]1OC(=O)C1CCCCC1)C1CCCCC1. The topological polar surface area (TPSA) is 71.1 Å². The highest BCUT2D eigenvalue weighted by Crippen LogP contribution is 2.28. The smallest absolute Gasteiger partial charge is 0.311 e. The van der Waals surface area contributed by atoms with Crippen LogP contribution in [0.25, 0.3) is 0 Å². The number of carbonyl (C=O) groups is 2. The molecule has 6 nitrogen and oxygen atoms in total. The fourth-order valence-corrected chi connectivity index (χ4v) is 3.76. The number of carbonyl (C=O) groups excluding carboxylic acids is 2. The predicted octanol–water partition coefficient (Wildman–Crippen LogP) is 2.93. The summed E-state index contributed by atoms with van der Waals surface area (Å²) < 4.78 is 21.9. The molecule has 2 atom stereocenters. The van der Waals surface area contributed by atoms with Gasteiger partial charge in [0, 0.05) is 0 Å². The van der Waals surface area contributed by atoms with E-state index in [2.05, 4.69) is 0 Å². The molecule has 0 N–H and O–H groups in total. The summed E-state index contributed by atoms with van der Waals surface area (Å²) in [7, 11) is 0. The first-order chi connectivity index (χ1) is 11.7. The molecule has 0 aromatic carbocycles. The third-order valence-corrected chi connectivity index (χ3v) is 5.21. The highest BCUT2D eigenvalue weighted by atomic mass is 16.8. The van der Waals surface area contributed by atoms with Crippen LogP contribution in [-0.2, 0) is 28.5 Å². The van der Waals surface area contributed by atoms with Crippen LogP contribution in [0.2, 0.25) is 0 Å². The van der Waals surface area contributed by atoms with Crippen molar-refractivity contribution in [1.29, 1.82) is 0 Å². The van der Waals surface area contributed by atoms with Crippen molar-refractivity contribution < 1.29 is 28.5 Å². The predicted molar refractivity (Wildman–Crippen MR) is 84.8 cm³/mol. The summed E-state index contributed by atoms with van der Waals surface area (Å²) in [4.78, 5) is 24.6. The van der Waals surface area contributed by atoms with Crippen LogP contribution >= 0.6 is 0 Å². The Morgan fingerprint density at radius 3 is 1.38 bits per heavy atom. The maximum Gasteiger partial charge on any atom is 0.311 e. The summed E-state index contributed by atoms with van der Waals surface area (Å²) in [5.74, 6) is -0.661. The van der Waals surface area contributed by atoms with Gasteiger partial charge in [-0.3, -0.25) is 9.59 Å². The van der Waals surface area contributed by atoms with Crippen LogP contribution in [0, 0.1) is 11.8 Å². The number of rotatable bonds is 4. The van der Waals surface area contributed by atoms with Gasteiger partial charge in [-0.05, 0) is 25.7 Å². The van der Waals surface area contributed by atoms with E-state index < -0.39 is 12.6 Å². The van der Waals surface area contributed by atoms with Crippen molar-refractivity contribution in [2.24, 2.45) is 11.8 Å². The molecule has 0 radical (unpaired) electrons. The van der Waals surface area contributed by atoms with Crippen molar-refractivity contribution in [3.63, 3.8) is 0 Å². The zero-order chi connectivity index (χ0) is 16.8. The standard InChI is InChI=1S/C18H28O6/c19-15(13-7-3-1-4-8-13)23-17-18(22-12-11-21-17)24-16(20)14-9-5-2-6-10-14/h13-14,17-18H,1-12H2/t17-,18-/m0/s1. The lowest BCUT2D eigenvalue weighted by atomic mass is 9.89. The fourth-order valence-electron chi connectivity index (χ4n) is 3.76. The van der Waals surface area contributed by atoms with Crippen molar-refractivity contribution in [3.05, 3.63) is 0 Å². The van der Waals surface area contributed by atoms with Gasteiger partial charge in [0.1, 0.15) is 0 Å². The third kappa shape index (κ3) is 4.70. The van der Waals surface area contributed by atoms with Gasteiger partial charge in [-0.1, -0.05) is 38.5 Å². The first-order valence-electron chi connectivity index (χ1n) is 9.38. The minimum Gasteiger partial charge on any atom is -0.428 e. The maximum absolute atomic E-state index is 12.3. The summed E-state index contributed by atoms with van der Waals surface area (Å²) in [6, 6.07) is 0. The number of hydrogen-bond donors (Lipinski definition) is 0. The summed E-state index contributed by atoms with van der Waals surface area (Å²) in [6.45, 7) is 0.667. The summed E-state index contributed by atoms with van der Waals surface area (Å²) in [6.07, 6.45) is 8.13. The van der Waals surface area contributed by atoms with E-state index in [1.807, 2.05) is 0 Å². The molecule has 2 saturated carbocycles. The molecule has 0 spiro atoms. The monoisotopic (exact) mass is 340 g/mol. The van der Waals surface area contributed by atoms with Crippen molar-refractivity contribution in [1.82, 2.24) is 0 Å². The minimum atomic E-state index is -0.944. The van der Waals surface area contributed by atoms with Crippen LogP contribution in [0.4, 0.5) is 0 Å². The zero-order valence-electron chi connectivity index (χ0n) is 14.2. The third-order valence-electron chi connectivity index (χ3n) is 5.21. The molecule has 3 fully saturated rings. The molecule has 0 aromatic rings. The van der Waals surface area contributed by atoms with Gasteiger partial charge in [-0.2, -0.15) is 0 Å². The molecular weight excluding hydrogens is 312 g/mol. The highest BCUT2D eigenvalue weighted by Gasteiger charge is 2.37. The Balaban J connectivity index is 1.52. The second-order valence-corrected chi connectivity index (χ2v) is 7.02. The lowest BCUT2D eigenvalue weighted by Gasteiger charge is -2.33. The van der Waals surface area contributed by atoms with Gasteiger partial charge in [0.05, 0.1) is 25.0 Å². The second kappa shape index (κ2) is 8.81. The van der Waals surface area contributed by atoms with Crippen LogP contribution in [0.1, 0.15) is 64.2 Å². The number of esters is 2. The minimum absolute atomic E-state index is 0.0704. The first kappa shape index (κ1) is 17.7. The van der Waals surface area contributed by atoms with Crippen LogP contribution in [0.5, 0.6) is 0 Å². The molecular formula is C18H28O6. The lowest BCUT2D eigenvalue weighted by Crippen LogP contribution is -2.45. The Hall–Kier alpha value is -1.14. The molecule has 0 amide bonds. The van der Waals surface area contributed by atoms with Crippen LogP contribution in [0.15, 0.2) is 0 Å². The Labute approximate surface area is 143 Å². The summed E-state index contributed by atoms with van der Waals surface area (Å²) >= 11 is 0. The molecule has 24 heavy (non-hydrogen) atoms. The molecule has 6 heteroatoms. The largest absolute Gasteiger partial charge is 0.428 e. The Kier molecular flexibility index (Phi) is 6.49. The molecule has 3 aliphatic rings. The molecule has 1 saturated heterocycles. The Morgan fingerprint density at radius 2 is 1.00 bits per heavy atom. The summed E-state index contributed by atoms with van der Waals surface area (Å²) in [5.41, 5.74) is 0. The van der Waals surface area contributed by atoms with E-state index in [9.17, 15) is 9.59 Å². The number of hydrogen-bond acceptors (Lipinski definition) is 6. The van der Waals surface area contributed by atoms with Crippen molar-refractivity contribution in [3.8, 4) is 0 Å². The van der Waals surface area contributed by atoms with E-state index in [1.165, 1.54) is 12.8 Å². The van der Waals surface area contributed by atoms with Gasteiger partial charge in [-0.15, -0.1) is 0 Å². The second-order valence-electron chi connectivity index (χ2n) is 7.02. The average Bonchev–Trinajstić information content (AvgIpc) is 2.64. The van der Waals surface area contributed by atoms with Crippen molar-refractivity contribution in [2.75, 3.05) is 13.2 Å². The van der Waals surface area contributed by atoms with Gasteiger partial charge in [0.15, 0.2) is 0 Å². The molecule has 1 aliphatic heterocycles. The van der Waals surface area contributed by atoms with Gasteiger partial charge < -0.3 is 18.9 Å². The van der Waals surface area contributed by atoms with E-state index >= 15 is 0 Å². The van der Waals surface area contributed by atoms with E-state index in [1.54, 1.807) is 0 Å². The molecule has 0 aromatic heterocycles. The van der Waals surface area contributed by atoms with Crippen molar-refractivity contribution in [2.45, 2.75) is 76.8 Å². The quantitative estimate of drug-likeness (QED) is 0.733. The molecule has 2 aliphatic carbocycles. The van der Waals surface area contributed by atoms with E-state index in [0.717, 1.165) is 51.4 Å².